The number of rotatable bonds is 12. The van der Waals surface area contributed by atoms with Crippen molar-refractivity contribution in [3.8, 4) is 0 Å². The van der Waals surface area contributed by atoms with Crippen LogP contribution in [-0.4, -0.2) is 176 Å². The van der Waals surface area contributed by atoms with Gasteiger partial charge in [0.25, 0.3) is 5.91 Å². The second-order valence-electron chi connectivity index (χ2n) is 16.7. The largest absolute Gasteiger partial charge is 0.464 e. The van der Waals surface area contributed by atoms with Crippen molar-refractivity contribution in [3.05, 3.63) is 58.1 Å². The SMILES string of the molecule is Nc1c(Cl)cc(C[C@@H](OC(=O)N2CCC(N3CCc4ccccc4NC3=O)CC2)C(=O)N2CCN(C3CCN(CCC(=O)OCCN4CCOCC4)CC3)CC2)cc1C(F)(F)F. The Labute approximate surface area is 365 Å². The zero-order chi connectivity index (χ0) is 43.8. The van der Waals surface area contributed by atoms with E-state index in [-0.39, 0.29) is 48.1 Å². The molecular formula is C43H58ClF3N8O7. The number of nitrogen functional groups attached to an aromatic ring is 1. The van der Waals surface area contributed by atoms with Gasteiger partial charge in [-0.1, -0.05) is 29.8 Å². The number of halogens is 4. The molecule has 3 N–H and O–H groups in total. The number of morpholine rings is 1. The summed E-state index contributed by atoms with van der Waals surface area (Å²) in [5, 5.41) is 2.68. The van der Waals surface area contributed by atoms with Crippen molar-refractivity contribution in [3.63, 3.8) is 0 Å². The topological polar surface area (TPSA) is 153 Å². The van der Waals surface area contributed by atoms with Crippen molar-refractivity contribution >= 4 is 47.0 Å². The number of alkyl halides is 3. The van der Waals surface area contributed by atoms with E-state index >= 15 is 0 Å². The molecule has 7 rings (SSSR count). The summed E-state index contributed by atoms with van der Waals surface area (Å²) in [5.41, 5.74) is 5.84. The Morgan fingerprint density at radius 2 is 1.53 bits per heavy atom. The molecule has 19 heteroatoms. The van der Waals surface area contributed by atoms with E-state index in [2.05, 4.69) is 20.0 Å². The summed E-state index contributed by atoms with van der Waals surface area (Å²) in [7, 11) is 0. The van der Waals surface area contributed by atoms with Crippen LogP contribution in [0.25, 0.3) is 0 Å². The fraction of sp³-hybridized carbons (Fsp3) is 0.628. The van der Waals surface area contributed by atoms with Crippen molar-refractivity contribution in [1.82, 2.24) is 29.4 Å². The first-order chi connectivity index (χ1) is 29.8. The maximum absolute atomic E-state index is 14.2. The lowest BCUT2D eigenvalue weighted by Gasteiger charge is -2.43. The molecule has 62 heavy (non-hydrogen) atoms. The third kappa shape index (κ3) is 11.8. The van der Waals surface area contributed by atoms with Crippen LogP contribution in [0.2, 0.25) is 5.02 Å². The maximum atomic E-state index is 14.2. The van der Waals surface area contributed by atoms with Gasteiger partial charge in [-0.25, -0.2) is 9.59 Å². The van der Waals surface area contributed by atoms with Gasteiger partial charge in [0, 0.05) is 96.2 Å². The number of amides is 4. The molecule has 4 fully saturated rings. The summed E-state index contributed by atoms with van der Waals surface area (Å²) in [6.45, 7) is 9.45. The van der Waals surface area contributed by atoms with E-state index in [0.29, 0.717) is 97.4 Å². The van der Waals surface area contributed by atoms with Crippen LogP contribution in [0.15, 0.2) is 36.4 Å². The molecule has 5 heterocycles. The first-order valence-corrected chi connectivity index (χ1v) is 22.2. The quantitative estimate of drug-likeness (QED) is 0.230. The van der Waals surface area contributed by atoms with Gasteiger partial charge in [-0.15, -0.1) is 0 Å². The molecule has 0 unspecified atom stereocenters. The molecule has 5 aliphatic rings. The van der Waals surface area contributed by atoms with Crippen LogP contribution in [0.3, 0.4) is 0 Å². The summed E-state index contributed by atoms with van der Waals surface area (Å²) in [4.78, 5) is 65.2. The molecule has 0 radical (unpaired) electrons. The van der Waals surface area contributed by atoms with Gasteiger partial charge in [0.15, 0.2) is 6.10 Å². The molecule has 5 aliphatic heterocycles. The lowest BCUT2D eigenvalue weighted by Crippen LogP contribution is -2.56. The molecule has 4 amide bonds. The number of nitrogens with one attached hydrogen (secondary N) is 1. The van der Waals surface area contributed by atoms with Crippen molar-refractivity contribution < 1.29 is 46.6 Å². The third-order valence-electron chi connectivity index (χ3n) is 12.8. The predicted octanol–water partition coefficient (Wildman–Crippen LogP) is 4.42. The lowest BCUT2D eigenvalue weighted by molar-refractivity contribution is -0.145. The highest BCUT2D eigenvalue weighted by Crippen LogP contribution is 2.38. The maximum Gasteiger partial charge on any atom is 0.418 e. The number of ether oxygens (including phenoxy) is 3. The Kier molecular flexibility index (Phi) is 15.4. The highest BCUT2D eigenvalue weighted by Gasteiger charge is 2.38. The number of nitrogens with two attached hydrogens (primary N) is 1. The second-order valence-corrected chi connectivity index (χ2v) is 17.1. The van der Waals surface area contributed by atoms with Crippen LogP contribution < -0.4 is 11.1 Å². The Hall–Kier alpha value is -4.36. The summed E-state index contributed by atoms with van der Waals surface area (Å²) < 4.78 is 58.6. The summed E-state index contributed by atoms with van der Waals surface area (Å²) in [6.07, 6.45) is -3.47. The Morgan fingerprint density at radius 3 is 2.24 bits per heavy atom. The molecule has 4 saturated heterocycles. The minimum Gasteiger partial charge on any atom is -0.464 e. The van der Waals surface area contributed by atoms with E-state index in [0.717, 1.165) is 56.3 Å². The number of esters is 1. The number of carbonyl (C=O) groups is 4. The van der Waals surface area contributed by atoms with Gasteiger partial charge in [-0.05, 0) is 74.5 Å². The zero-order valence-electron chi connectivity index (χ0n) is 35.1. The Bertz CT molecular complexity index is 1880. The number of anilines is 2. The molecular weight excluding hydrogens is 833 g/mol. The highest BCUT2D eigenvalue weighted by atomic mass is 35.5. The first kappa shape index (κ1) is 45.7. The fourth-order valence-corrected chi connectivity index (χ4v) is 9.41. The van der Waals surface area contributed by atoms with Crippen LogP contribution in [0.4, 0.5) is 34.1 Å². The van der Waals surface area contributed by atoms with Crippen LogP contribution in [0.1, 0.15) is 48.8 Å². The van der Waals surface area contributed by atoms with Crippen LogP contribution in [-0.2, 0) is 42.8 Å². The monoisotopic (exact) mass is 890 g/mol. The smallest absolute Gasteiger partial charge is 0.418 e. The van der Waals surface area contributed by atoms with E-state index in [9.17, 15) is 32.3 Å². The third-order valence-corrected chi connectivity index (χ3v) is 13.2. The molecule has 2 aromatic rings. The summed E-state index contributed by atoms with van der Waals surface area (Å²) in [5.74, 6) is -0.692. The van der Waals surface area contributed by atoms with Crippen molar-refractivity contribution in [2.45, 2.75) is 69.3 Å². The average Bonchev–Trinajstić information content (AvgIpc) is 3.44. The average molecular weight is 891 g/mol. The van der Waals surface area contributed by atoms with Crippen LogP contribution >= 0.6 is 11.6 Å². The molecule has 0 spiro atoms. The number of benzene rings is 2. The van der Waals surface area contributed by atoms with Gasteiger partial charge in [0.05, 0.1) is 35.9 Å². The number of hydrogen-bond donors (Lipinski definition) is 2. The molecule has 0 aliphatic carbocycles. The zero-order valence-corrected chi connectivity index (χ0v) is 35.8. The first-order valence-electron chi connectivity index (χ1n) is 21.8. The number of hydrogen-bond acceptors (Lipinski definition) is 11. The normalized spacial score (nSPS) is 20.9. The number of carbonyl (C=O) groups excluding carboxylic acids is 4. The predicted molar refractivity (Wildman–Crippen MR) is 226 cm³/mol. The number of para-hydroxylation sites is 1. The number of fused-ring (bicyclic) bond motifs is 1. The van der Waals surface area contributed by atoms with Gasteiger partial charge in [-0.3, -0.25) is 19.4 Å². The number of urea groups is 1. The van der Waals surface area contributed by atoms with Gasteiger partial charge >= 0.3 is 24.3 Å². The van der Waals surface area contributed by atoms with Crippen LogP contribution in [0.5, 0.6) is 0 Å². The second kappa shape index (κ2) is 20.9. The summed E-state index contributed by atoms with van der Waals surface area (Å²) in [6, 6.07) is 9.78. The number of piperazine rings is 1. The standard InChI is InChI=1S/C43H58ClF3N8O7/c44-35-28-30(27-34(39(35)48)43(45,46)47)29-37(62-42(59)54-14-8-33(9-15-54)55-16-5-31-3-1-2-4-36(31)49-41(55)58)40(57)53-19-17-52(18-20-53)32-6-11-50(12-7-32)13-10-38(56)61-26-23-51-21-24-60-25-22-51/h1-4,27-28,32-33,37H,5-26,29,48H2,(H,49,58)/t37-/m1/s1. The van der Waals surface area contributed by atoms with E-state index in [1.54, 1.807) is 9.80 Å². The molecule has 340 valence electrons. The number of nitrogens with zero attached hydrogens (tertiary/aromatic N) is 6. The van der Waals surface area contributed by atoms with Crippen molar-refractivity contribution in [2.75, 3.05) is 116 Å². The van der Waals surface area contributed by atoms with E-state index < -0.39 is 35.5 Å². The van der Waals surface area contributed by atoms with Gasteiger partial charge in [-0.2, -0.15) is 13.2 Å². The minimum absolute atomic E-state index is 0.0567. The number of likely N-dealkylation sites (tertiary alicyclic amines) is 2. The molecule has 0 aromatic heterocycles. The highest BCUT2D eigenvalue weighted by molar-refractivity contribution is 6.33. The summed E-state index contributed by atoms with van der Waals surface area (Å²) >= 11 is 6.16. The van der Waals surface area contributed by atoms with Crippen LogP contribution in [0, 0.1) is 0 Å². The van der Waals surface area contributed by atoms with E-state index in [1.807, 2.05) is 24.3 Å². The van der Waals surface area contributed by atoms with E-state index in [1.165, 1.54) is 11.0 Å². The van der Waals surface area contributed by atoms with Gasteiger partial charge in [0.2, 0.25) is 0 Å². The van der Waals surface area contributed by atoms with Crippen molar-refractivity contribution in [2.24, 2.45) is 0 Å². The minimum atomic E-state index is -4.79. The Balaban J connectivity index is 0.911. The molecule has 1 atom stereocenters. The molecule has 0 saturated carbocycles. The van der Waals surface area contributed by atoms with Gasteiger partial charge < -0.3 is 44.9 Å². The van der Waals surface area contributed by atoms with E-state index in [4.69, 9.17) is 31.5 Å². The molecule has 15 nitrogen and oxygen atoms in total. The molecule has 2 aromatic carbocycles. The Morgan fingerprint density at radius 1 is 0.855 bits per heavy atom. The molecule has 0 bridgehead atoms. The van der Waals surface area contributed by atoms with Crippen molar-refractivity contribution in [1.29, 1.82) is 0 Å². The lowest BCUT2D eigenvalue weighted by atomic mass is 10.0. The number of piperidine rings is 2. The fourth-order valence-electron chi connectivity index (χ4n) is 9.17. The van der Waals surface area contributed by atoms with Gasteiger partial charge in [0.1, 0.15) is 6.61 Å².